The molecule has 3 aromatic carbocycles. The molecule has 0 aliphatic heterocycles. The monoisotopic (exact) mass is 537 g/mol. The summed E-state index contributed by atoms with van der Waals surface area (Å²) in [7, 11) is 6.26. The molecule has 35 heavy (non-hydrogen) atoms. The molecule has 8 heteroatoms. The lowest BCUT2D eigenvalue weighted by Gasteiger charge is -2.22. The molecule has 0 aliphatic carbocycles. The van der Waals surface area contributed by atoms with Gasteiger partial charge in [0, 0.05) is 21.6 Å². The number of carbonyl (C=O) groups excluding carboxylic acids is 1. The minimum absolute atomic E-state index is 0.425. The number of halogens is 1. The van der Waals surface area contributed by atoms with Gasteiger partial charge in [-0.05, 0) is 47.9 Å². The summed E-state index contributed by atoms with van der Waals surface area (Å²) in [5, 5.41) is 1.60. The van der Waals surface area contributed by atoms with Gasteiger partial charge >= 0.3 is 5.97 Å². The Balaban J connectivity index is 1.94. The lowest BCUT2D eigenvalue weighted by Crippen LogP contribution is -2.15. The zero-order valence-corrected chi connectivity index (χ0v) is 21.3. The number of fused-ring (bicyclic) bond motifs is 1. The Morgan fingerprint density at radius 2 is 1.40 bits per heavy atom. The van der Waals surface area contributed by atoms with Crippen molar-refractivity contribution in [2.45, 2.75) is 6.10 Å². The molecule has 0 saturated heterocycles. The van der Waals surface area contributed by atoms with Gasteiger partial charge in [0.15, 0.2) is 29.1 Å². The minimum atomic E-state index is -0.876. The largest absolute Gasteiger partial charge is 0.493 e. The highest BCUT2D eigenvalue weighted by atomic mass is 79.9. The van der Waals surface area contributed by atoms with Crippen molar-refractivity contribution in [3.8, 4) is 23.0 Å². The average Bonchev–Trinajstić information content (AvgIpc) is 2.90. The third-order valence-corrected chi connectivity index (χ3v) is 6.25. The molecule has 0 saturated carbocycles. The molecule has 1 heterocycles. The SMILES string of the molecule is COc1cc(Br)c([C@@H](OC(=O)c2ccccc2)c2nccc3cc(OC)c(OC)cc23)cc1OC. The molecule has 1 aromatic heterocycles. The molecule has 0 N–H and O–H groups in total. The maximum atomic E-state index is 13.2. The van der Waals surface area contributed by atoms with E-state index in [1.165, 1.54) is 0 Å². The van der Waals surface area contributed by atoms with Crippen LogP contribution in [0.3, 0.4) is 0 Å². The molecule has 4 aromatic rings. The maximum Gasteiger partial charge on any atom is 0.339 e. The average molecular weight is 538 g/mol. The van der Waals surface area contributed by atoms with E-state index in [0.717, 1.165) is 10.8 Å². The van der Waals surface area contributed by atoms with Crippen molar-refractivity contribution in [2.24, 2.45) is 0 Å². The Kier molecular flexibility index (Phi) is 7.41. The number of aromatic nitrogens is 1. The van der Waals surface area contributed by atoms with Crippen LogP contribution in [0, 0.1) is 0 Å². The van der Waals surface area contributed by atoms with Crippen molar-refractivity contribution in [1.29, 1.82) is 0 Å². The lowest BCUT2D eigenvalue weighted by atomic mass is 9.99. The van der Waals surface area contributed by atoms with Crippen molar-refractivity contribution < 1.29 is 28.5 Å². The molecule has 1 atom stereocenters. The Morgan fingerprint density at radius 3 is 2.06 bits per heavy atom. The number of ether oxygens (including phenoxy) is 5. The number of methoxy groups -OCH3 is 4. The smallest absolute Gasteiger partial charge is 0.339 e. The summed E-state index contributed by atoms with van der Waals surface area (Å²) in [6, 6.07) is 17.9. The van der Waals surface area contributed by atoms with Gasteiger partial charge in [-0.15, -0.1) is 0 Å². The van der Waals surface area contributed by atoms with Crippen molar-refractivity contribution in [3.63, 3.8) is 0 Å². The van der Waals surface area contributed by atoms with Gasteiger partial charge in [0.25, 0.3) is 0 Å². The number of carbonyl (C=O) groups is 1. The summed E-state index contributed by atoms with van der Waals surface area (Å²) >= 11 is 3.61. The number of benzene rings is 3. The maximum absolute atomic E-state index is 13.2. The van der Waals surface area contributed by atoms with Crippen LogP contribution < -0.4 is 18.9 Å². The quantitative estimate of drug-likeness (QED) is 0.256. The second-order valence-electron chi connectivity index (χ2n) is 7.50. The van der Waals surface area contributed by atoms with Gasteiger partial charge in [0.05, 0.1) is 39.7 Å². The number of nitrogens with zero attached hydrogens (tertiary/aromatic N) is 1. The lowest BCUT2D eigenvalue weighted by molar-refractivity contribution is 0.0372. The van der Waals surface area contributed by atoms with Gasteiger partial charge in [-0.2, -0.15) is 0 Å². The van der Waals surface area contributed by atoms with E-state index in [0.29, 0.717) is 44.3 Å². The van der Waals surface area contributed by atoms with Crippen molar-refractivity contribution in [1.82, 2.24) is 4.98 Å². The molecule has 0 spiro atoms. The van der Waals surface area contributed by atoms with Crippen LogP contribution in [0.25, 0.3) is 10.8 Å². The number of pyridine rings is 1. The van der Waals surface area contributed by atoms with E-state index in [4.69, 9.17) is 23.7 Å². The minimum Gasteiger partial charge on any atom is -0.493 e. The molecule has 0 radical (unpaired) electrons. The normalized spacial score (nSPS) is 11.6. The van der Waals surface area contributed by atoms with E-state index in [9.17, 15) is 4.79 Å². The molecule has 0 unspecified atom stereocenters. The van der Waals surface area contributed by atoms with Crippen LogP contribution in [0.5, 0.6) is 23.0 Å². The Bertz CT molecular complexity index is 1360. The molecule has 0 bridgehead atoms. The highest BCUT2D eigenvalue weighted by Crippen LogP contribution is 2.42. The van der Waals surface area contributed by atoms with Gasteiger partial charge in [-0.3, -0.25) is 4.98 Å². The van der Waals surface area contributed by atoms with E-state index in [1.807, 2.05) is 24.3 Å². The Morgan fingerprint density at radius 1 is 0.800 bits per heavy atom. The fourth-order valence-electron chi connectivity index (χ4n) is 3.82. The molecule has 0 aliphatic rings. The predicted molar refractivity (Wildman–Crippen MR) is 136 cm³/mol. The molecular formula is C27H24BrNO6. The molecule has 0 fully saturated rings. The fraction of sp³-hybridized carbons (Fsp3) is 0.185. The highest BCUT2D eigenvalue weighted by molar-refractivity contribution is 9.10. The number of hydrogen-bond donors (Lipinski definition) is 0. The summed E-state index contributed by atoms with van der Waals surface area (Å²) in [6.45, 7) is 0. The van der Waals surface area contributed by atoms with Crippen molar-refractivity contribution in [3.05, 3.63) is 88.2 Å². The number of hydrogen-bond acceptors (Lipinski definition) is 7. The van der Waals surface area contributed by atoms with Gasteiger partial charge in [0.2, 0.25) is 0 Å². The highest BCUT2D eigenvalue weighted by Gasteiger charge is 2.28. The van der Waals surface area contributed by atoms with E-state index in [1.54, 1.807) is 71.0 Å². The standard InChI is InChI=1S/C27H24BrNO6/c1-31-21-12-17-10-11-29-25(18(17)13-22(21)32-2)26(35-27(30)16-8-6-5-7-9-16)19-14-23(33-3)24(34-4)15-20(19)28/h5-15,26H,1-4H3/t26-/m1/s1. The van der Waals surface area contributed by atoms with E-state index in [-0.39, 0.29) is 0 Å². The first-order chi connectivity index (χ1) is 17.0. The topological polar surface area (TPSA) is 76.1 Å². The van der Waals surface area contributed by atoms with Crippen LogP contribution in [0.15, 0.2) is 71.3 Å². The Labute approximate surface area is 211 Å². The molecule has 7 nitrogen and oxygen atoms in total. The summed E-state index contributed by atoms with van der Waals surface area (Å²) < 4.78 is 28.7. The molecule has 4 rings (SSSR count). The Hall–Kier alpha value is -3.78. The van der Waals surface area contributed by atoms with Gasteiger partial charge in [-0.1, -0.05) is 34.1 Å². The van der Waals surface area contributed by atoms with Gasteiger partial charge < -0.3 is 23.7 Å². The zero-order valence-electron chi connectivity index (χ0n) is 19.7. The first kappa shape index (κ1) is 24.3. The third kappa shape index (κ3) is 4.88. The molecule has 180 valence electrons. The van der Waals surface area contributed by atoms with E-state index in [2.05, 4.69) is 20.9 Å². The first-order valence-corrected chi connectivity index (χ1v) is 11.5. The second-order valence-corrected chi connectivity index (χ2v) is 8.36. The van der Waals surface area contributed by atoms with Crippen LogP contribution in [0.4, 0.5) is 0 Å². The predicted octanol–water partition coefficient (Wildman–Crippen LogP) is 5.98. The summed E-state index contributed by atoms with van der Waals surface area (Å²) in [6.07, 6.45) is 0.792. The van der Waals surface area contributed by atoms with Crippen molar-refractivity contribution in [2.75, 3.05) is 28.4 Å². The van der Waals surface area contributed by atoms with Gasteiger partial charge in [-0.25, -0.2) is 4.79 Å². The van der Waals surface area contributed by atoms with E-state index < -0.39 is 12.1 Å². The molecular weight excluding hydrogens is 514 g/mol. The summed E-state index contributed by atoms with van der Waals surface area (Å²) in [4.78, 5) is 17.8. The number of rotatable bonds is 8. The second kappa shape index (κ2) is 10.7. The van der Waals surface area contributed by atoms with E-state index >= 15 is 0 Å². The first-order valence-electron chi connectivity index (χ1n) is 10.7. The summed E-state index contributed by atoms with van der Waals surface area (Å²) in [5.74, 6) is 1.66. The van der Waals surface area contributed by atoms with Crippen LogP contribution in [0.2, 0.25) is 0 Å². The van der Waals surface area contributed by atoms with Gasteiger partial charge in [0.1, 0.15) is 0 Å². The van der Waals surface area contributed by atoms with Crippen LogP contribution >= 0.6 is 15.9 Å². The van der Waals surface area contributed by atoms with Crippen molar-refractivity contribution >= 4 is 32.7 Å². The fourth-order valence-corrected chi connectivity index (χ4v) is 4.35. The third-order valence-electron chi connectivity index (χ3n) is 5.57. The number of esters is 1. The van der Waals surface area contributed by atoms with Crippen LogP contribution in [0.1, 0.15) is 27.7 Å². The molecule has 0 amide bonds. The van der Waals surface area contributed by atoms with Crippen LogP contribution in [-0.4, -0.2) is 39.4 Å². The van der Waals surface area contributed by atoms with Crippen LogP contribution in [-0.2, 0) is 4.74 Å². The summed E-state index contributed by atoms with van der Waals surface area (Å²) in [5.41, 5.74) is 1.59. The zero-order chi connectivity index (χ0) is 24.9.